The minimum absolute atomic E-state index is 0. The summed E-state index contributed by atoms with van der Waals surface area (Å²) in [6, 6.07) is 10.1. The second-order valence-electron chi connectivity index (χ2n) is 5.34. The lowest BCUT2D eigenvalue weighted by Gasteiger charge is -2.10. The number of hydrogen-bond acceptors (Lipinski definition) is 3. The molecule has 0 radical (unpaired) electrons. The van der Waals surface area contributed by atoms with Crippen molar-refractivity contribution in [1.82, 2.24) is 15.1 Å². The zero-order valence-corrected chi connectivity index (χ0v) is 13.8. The van der Waals surface area contributed by atoms with Gasteiger partial charge in [-0.15, -0.1) is 12.4 Å². The topological polar surface area (TPSA) is 72.9 Å². The molecule has 0 fully saturated rings. The van der Waals surface area contributed by atoms with Crippen LogP contribution in [-0.2, 0) is 6.54 Å². The summed E-state index contributed by atoms with van der Waals surface area (Å²) in [6.07, 6.45) is 1.63. The van der Waals surface area contributed by atoms with Gasteiger partial charge in [-0.1, -0.05) is 37.3 Å². The third kappa shape index (κ3) is 4.58. The van der Waals surface area contributed by atoms with Crippen LogP contribution in [0.4, 0.5) is 0 Å². The molecule has 2 aromatic rings. The van der Waals surface area contributed by atoms with Crippen molar-refractivity contribution >= 4 is 18.3 Å². The molecular weight excluding hydrogens is 300 g/mol. The maximum Gasteiger partial charge on any atom is 0.254 e. The van der Waals surface area contributed by atoms with Crippen molar-refractivity contribution in [1.29, 1.82) is 0 Å². The van der Waals surface area contributed by atoms with Crippen LogP contribution in [0.3, 0.4) is 0 Å². The van der Waals surface area contributed by atoms with Crippen LogP contribution in [0.15, 0.2) is 36.5 Å². The summed E-state index contributed by atoms with van der Waals surface area (Å²) in [4.78, 5) is 12.1. The molecule has 1 atom stereocenters. The first-order valence-corrected chi connectivity index (χ1v) is 7.16. The fourth-order valence-electron chi connectivity index (χ4n) is 2.03. The Labute approximate surface area is 137 Å². The van der Waals surface area contributed by atoms with Crippen LogP contribution in [0.2, 0.25) is 0 Å². The maximum absolute atomic E-state index is 12.1. The average Bonchev–Trinajstić information content (AvgIpc) is 2.86. The summed E-state index contributed by atoms with van der Waals surface area (Å²) >= 11 is 0. The third-order valence-corrected chi connectivity index (χ3v) is 3.54. The molecule has 1 aromatic heterocycles. The van der Waals surface area contributed by atoms with E-state index in [0.29, 0.717) is 25.2 Å². The highest BCUT2D eigenvalue weighted by Gasteiger charge is 2.14. The van der Waals surface area contributed by atoms with Gasteiger partial charge in [-0.25, -0.2) is 0 Å². The number of nitrogens with one attached hydrogen (secondary N) is 1. The van der Waals surface area contributed by atoms with Crippen molar-refractivity contribution in [2.75, 3.05) is 13.1 Å². The summed E-state index contributed by atoms with van der Waals surface area (Å²) in [5.74, 6) is 0.181. The summed E-state index contributed by atoms with van der Waals surface area (Å²) in [5, 5.41) is 7.21. The highest BCUT2D eigenvalue weighted by atomic mass is 35.5. The Morgan fingerprint density at radius 3 is 2.68 bits per heavy atom. The number of carbonyl (C=O) groups excluding carboxylic acids is 1. The number of benzene rings is 1. The van der Waals surface area contributed by atoms with E-state index in [1.54, 1.807) is 6.20 Å². The van der Waals surface area contributed by atoms with Gasteiger partial charge < -0.3 is 11.1 Å². The van der Waals surface area contributed by atoms with Gasteiger partial charge in [0.05, 0.1) is 18.3 Å². The molecule has 0 saturated carbocycles. The van der Waals surface area contributed by atoms with Crippen LogP contribution in [0, 0.1) is 12.8 Å². The average molecular weight is 323 g/mol. The van der Waals surface area contributed by atoms with Gasteiger partial charge in [-0.05, 0) is 24.9 Å². The number of aromatic nitrogens is 2. The van der Waals surface area contributed by atoms with Gasteiger partial charge >= 0.3 is 0 Å². The molecule has 22 heavy (non-hydrogen) atoms. The standard InChI is InChI=1S/C16H22N4O.ClH/c1-12(8-17)9-18-16(21)15-10-19-20(13(15)2)11-14-6-4-3-5-7-14;/h3-7,10,12H,8-9,11,17H2,1-2H3,(H,18,21);1H. The van der Waals surface area contributed by atoms with Gasteiger partial charge in [0.15, 0.2) is 0 Å². The lowest BCUT2D eigenvalue weighted by molar-refractivity contribution is 0.0948. The fraction of sp³-hybridized carbons (Fsp3) is 0.375. The van der Waals surface area contributed by atoms with Crippen LogP contribution in [0.25, 0.3) is 0 Å². The molecule has 6 heteroatoms. The van der Waals surface area contributed by atoms with Crippen molar-refractivity contribution in [2.45, 2.75) is 20.4 Å². The summed E-state index contributed by atoms with van der Waals surface area (Å²) in [5.41, 5.74) is 8.20. The van der Waals surface area contributed by atoms with Crippen LogP contribution < -0.4 is 11.1 Å². The number of carbonyl (C=O) groups is 1. The Balaban J connectivity index is 0.00000242. The molecule has 3 N–H and O–H groups in total. The van der Waals surface area contributed by atoms with Crippen LogP contribution in [-0.4, -0.2) is 28.8 Å². The lowest BCUT2D eigenvalue weighted by atomic mass is 10.1. The van der Waals surface area contributed by atoms with Gasteiger partial charge in [-0.2, -0.15) is 5.10 Å². The first kappa shape index (κ1) is 18.2. The number of rotatable bonds is 6. The number of nitrogens with two attached hydrogens (primary N) is 1. The molecule has 120 valence electrons. The van der Waals surface area contributed by atoms with Crippen molar-refractivity contribution in [3.05, 3.63) is 53.3 Å². The van der Waals surface area contributed by atoms with Crippen molar-refractivity contribution in [3.63, 3.8) is 0 Å². The Morgan fingerprint density at radius 1 is 1.36 bits per heavy atom. The summed E-state index contributed by atoms with van der Waals surface area (Å²) < 4.78 is 1.84. The van der Waals surface area contributed by atoms with E-state index < -0.39 is 0 Å². The van der Waals surface area contributed by atoms with E-state index in [2.05, 4.69) is 10.4 Å². The molecule has 1 amide bonds. The summed E-state index contributed by atoms with van der Waals surface area (Å²) in [6.45, 7) is 5.73. The molecule has 1 heterocycles. The molecule has 1 unspecified atom stereocenters. The molecule has 0 aliphatic rings. The lowest BCUT2D eigenvalue weighted by Crippen LogP contribution is -2.31. The minimum atomic E-state index is -0.0906. The van der Waals surface area contributed by atoms with Gasteiger partial charge in [0.1, 0.15) is 0 Å². The van der Waals surface area contributed by atoms with Crippen LogP contribution in [0.5, 0.6) is 0 Å². The molecule has 0 aliphatic carbocycles. The van der Waals surface area contributed by atoms with Crippen molar-refractivity contribution < 1.29 is 4.79 Å². The molecule has 0 aliphatic heterocycles. The number of halogens is 1. The van der Waals surface area contributed by atoms with E-state index in [4.69, 9.17) is 5.73 Å². The third-order valence-electron chi connectivity index (χ3n) is 3.54. The maximum atomic E-state index is 12.1. The second-order valence-corrected chi connectivity index (χ2v) is 5.34. The van der Waals surface area contributed by atoms with E-state index in [9.17, 15) is 4.79 Å². The minimum Gasteiger partial charge on any atom is -0.352 e. The second kappa shape index (κ2) is 8.56. The number of hydrogen-bond donors (Lipinski definition) is 2. The predicted octanol–water partition coefficient (Wildman–Crippen LogP) is 1.99. The predicted molar refractivity (Wildman–Crippen MR) is 90.3 cm³/mol. The Morgan fingerprint density at radius 2 is 2.05 bits per heavy atom. The summed E-state index contributed by atoms with van der Waals surface area (Å²) in [7, 11) is 0. The normalized spacial score (nSPS) is 11.6. The van der Waals surface area contributed by atoms with Crippen LogP contribution >= 0.6 is 12.4 Å². The van der Waals surface area contributed by atoms with E-state index in [1.807, 2.05) is 48.9 Å². The molecule has 0 spiro atoms. The van der Waals surface area contributed by atoms with Gasteiger partial charge in [-0.3, -0.25) is 9.48 Å². The van der Waals surface area contributed by atoms with Gasteiger partial charge in [0, 0.05) is 12.2 Å². The Bertz CT molecular complexity index is 597. The fourth-order valence-corrected chi connectivity index (χ4v) is 2.03. The first-order chi connectivity index (χ1) is 10.1. The highest BCUT2D eigenvalue weighted by molar-refractivity contribution is 5.95. The van der Waals surface area contributed by atoms with Crippen molar-refractivity contribution in [3.8, 4) is 0 Å². The molecule has 0 saturated heterocycles. The van der Waals surface area contributed by atoms with Gasteiger partial charge in [0.2, 0.25) is 0 Å². The SMILES string of the molecule is Cc1c(C(=O)NCC(C)CN)cnn1Cc1ccccc1.Cl. The molecule has 0 bridgehead atoms. The number of amides is 1. The quantitative estimate of drug-likeness (QED) is 0.854. The van der Waals surface area contributed by atoms with E-state index in [-0.39, 0.29) is 24.2 Å². The molecule has 2 rings (SSSR count). The number of nitrogens with zero attached hydrogens (tertiary/aromatic N) is 2. The molecule has 5 nitrogen and oxygen atoms in total. The van der Waals surface area contributed by atoms with E-state index >= 15 is 0 Å². The zero-order chi connectivity index (χ0) is 15.2. The first-order valence-electron chi connectivity index (χ1n) is 7.16. The van der Waals surface area contributed by atoms with E-state index in [0.717, 1.165) is 11.3 Å². The Hall–Kier alpha value is -1.85. The van der Waals surface area contributed by atoms with Gasteiger partial charge in [0.25, 0.3) is 5.91 Å². The molecular formula is C16H23ClN4O. The molecule has 1 aromatic carbocycles. The Kier molecular flexibility index (Phi) is 7.08. The smallest absolute Gasteiger partial charge is 0.254 e. The van der Waals surface area contributed by atoms with Crippen LogP contribution in [0.1, 0.15) is 28.5 Å². The largest absolute Gasteiger partial charge is 0.352 e. The van der Waals surface area contributed by atoms with Crippen molar-refractivity contribution in [2.24, 2.45) is 11.7 Å². The van der Waals surface area contributed by atoms with E-state index in [1.165, 1.54) is 0 Å². The monoisotopic (exact) mass is 322 g/mol. The highest BCUT2D eigenvalue weighted by Crippen LogP contribution is 2.10. The zero-order valence-electron chi connectivity index (χ0n) is 13.0.